The van der Waals surface area contributed by atoms with E-state index in [9.17, 15) is 8.78 Å². The molecule has 2 aromatic carbocycles. The van der Waals surface area contributed by atoms with Gasteiger partial charge in [-0.25, -0.2) is 8.78 Å². The van der Waals surface area contributed by atoms with Crippen molar-refractivity contribution in [3.05, 3.63) is 65.2 Å². The quantitative estimate of drug-likeness (QED) is 0.532. The van der Waals surface area contributed by atoms with Crippen molar-refractivity contribution in [2.75, 3.05) is 6.26 Å². The normalized spacial score (nSPS) is 12.4. The molecule has 100 valence electrons. The zero-order valence-electron chi connectivity index (χ0n) is 10.4. The minimum atomic E-state index is -0.494. The second kappa shape index (κ2) is 6.53. The van der Waals surface area contributed by atoms with Crippen LogP contribution in [0.2, 0.25) is 0 Å². The van der Waals surface area contributed by atoms with E-state index < -0.39 is 11.6 Å². The topological polar surface area (TPSA) is 0 Å². The Labute approximate surface area is 124 Å². The minimum absolute atomic E-state index is 0.109. The second-order valence-electron chi connectivity index (χ2n) is 4.11. The van der Waals surface area contributed by atoms with Crippen molar-refractivity contribution in [1.29, 1.82) is 0 Å². The van der Waals surface area contributed by atoms with Gasteiger partial charge in [-0.05, 0) is 36.4 Å². The van der Waals surface area contributed by atoms with Gasteiger partial charge in [-0.2, -0.15) is 0 Å². The van der Waals surface area contributed by atoms with Gasteiger partial charge in [-0.3, -0.25) is 0 Å². The summed E-state index contributed by atoms with van der Waals surface area (Å²) in [6.07, 6.45) is 2.28. The maximum Gasteiger partial charge on any atom is 0.129 e. The van der Waals surface area contributed by atoms with Crippen LogP contribution in [-0.2, 0) is 6.42 Å². The maximum absolute atomic E-state index is 13.6. The third kappa shape index (κ3) is 3.37. The average molecular weight is 343 g/mol. The summed E-state index contributed by atoms with van der Waals surface area (Å²) in [5.74, 6) is -0.989. The lowest BCUT2D eigenvalue weighted by molar-refractivity contribution is 0.554. The highest BCUT2D eigenvalue weighted by Crippen LogP contribution is 2.34. The van der Waals surface area contributed by atoms with Crippen LogP contribution >= 0.6 is 27.7 Å². The molecule has 0 bridgehead atoms. The van der Waals surface area contributed by atoms with Crippen molar-refractivity contribution in [2.24, 2.45) is 0 Å². The van der Waals surface area contributed by atoms with Gasteiger partial charge in [0, 0.05) is 15.3 Å². The van der Waals surface area contributed by atoms with Crippen LogP contribution in [0.3, 0.4) is 0 Å². The predicted octanol–water partition coefficient (Wildman–Crippen LogP) is 5.37. The molecular weight excluding hydrogens is 330 g/mol. The van der Waals surface area contributed by atoms with Crippen LogP contribution in [0.5, 0.6) is 0 Å². The number of hydrogen-bond donors (Lipinski definition) is 0. The van der Waals surface area contributed by atoms with Crippen molar-refractivity contribution in [3.8, 4) is 0 Å². The van der Waals surface area contributed by atoms with Crippen molar-refractivity contribution >= 4 is 27.7 Å². The lowest BCUT2D eigenvalue weighted by atomic mass is 10.0. The van der Waals surface area contributed by atoms with E-state index in [0.29, 0.717) is 0 Å². The fourth-order valence-electron chi connectivity index (χ4n) is 1.94. The summed E-state index contributed by atoms with van der Waals surface area (Å²) in [5, 5.41) is 0. The van der Waals surface area contributed by atoms with E-state index in [0.717, 1.165) is 10.5 Å². The first-order chi connectivity index (χ1) is 9.13. The molecule has 0 fully saturated rings. The molecule has 0 saturated heterocycles. The first-order valence-electron chi connectivity index (χ1n) is 5.83. The SMILES string of the molecule is CSc1ccccc1C(Br)Cc1c(F)cccc1F. The number of thioether (sulfide) groups is 1. The van der Waals surface area contributed by atoms with Crippen LogP contribution in [0.1, 0.15) is 16.0 Å². The molecule has 0 amide bonds. The summed E-state index contributed by atoms with van der Waals surface area (Å²) in [5.41, 5.74) is 1.18. The van der Waals surface area contributed by atoms with Gasteiger partial charge in [-0.1, -0.05) is 40.2 Å². The largest absolute Gasteiger partial charge is 0.207 e. The van der Waals surface area contributed by atoms with Gasteiger partial charge in [-0.15, -0.1) is 11.8 Å². The maximum atomic E-state index is 13.6. The average Bonchev–Trinajstić information content (AvgIpc) is 2.42. The van der Waals surface area contributed by atoms with E-state index in [1.165, 1.54) is 18.2 Å². The Morgan fingerprint density at radius 1 is 1.05 bits per heavy atom. The molecule has 1 unspecified atom stereocenters. The summed E-state index contributed by atoms with van der Waals surface area (Å²) in [4.78, 5) is 1.00. The Kier molecular flexibility index (Phi) is 4.99. The Morgan fingerprint density at radius 2 is 1.68 bits per heavy atom. The number of benzene rings is 2. The lowest BCUT2D eigenvalue weighted by Crippen LogP contribution is -2.02. The molecule has 0 N–H and O–H groups in total. The molecule has 0 spiro atoms. The summed E-state index contributed by atoms with van der Waals surface area (Å²) in [6, 6.07) is 11.8. The molecule has 0 nitrogen and oxygen atoms in total. The van der Waals surface area contributed by atoms with Crippen LogP contribution < -0.4 is 0 Å². The van der Waals surface area contributed by atoms with E-state index in [-0.39, 0.29) is 16.8 Å². The summed E-state index contributed by atoms with van der Waals surface area (Å²) < 4.78 is 27.3. The molecule has 2 rings (SSSR count). The molecule has 0 aromatic heterocycles. The van der Waals surface area contributed by atoms with E-state index in [4.69, 9.17) is 0 Å². The first kappa shape index (κ1) is 14.5. The summed E-state index contributed by atoms with van der Waals surface area (Å²) in [6.45, 7) is 0. The predicted molar refractivity (Wildman–Crippen MR) is 80.0 cm³/mol. The van der Waals surface area contributed by atoms with Crippen molar-refractivity contribution < 1.29 is 8.78 Å². The van der Waals surface area contributed by atoms with Gasteiger partial charge in [0.1, 0.15) is 11.6 Å². The fraction of sp³-hybridized carbons (Fsp3) is 0.200. The Hall–Kier alpha value is -0.870. The molecule has 19 heavy (non-hydrogen) atoms. The minimum Gasteiger partial charge on any atom is -0.207 e. The second-order valence-corrected chi connectivity index (χ2v) is 6.07. The molecule has 1 atom stereocenters. The molecule has 2 aromatic rings. The Balaban J connectivity index is 2.28. The van der Waals surface area contributed by atoms with E-state index in [1.807, 2.05) is 30.5 Å². The Bertz CT molecular complexity index is 552. The fourth-order valence-corrected chi connectivity index (χ4v) is 3.48. The van der Waals surface area contributed by atoms with Crippen LogP contribution in [0, 0.1) is 11.6 Å². The van der Waals surface area contributed by atoms with Crippen molar-refractivity contribution in [1.82, 2.24) is 0 Å². The highest BCUT2D eigenvalue weighted by Gasteiger charge is 2.17. The molecule has 0 saturated carbocycles. The third-order valence-electron chi connectivity index (χ3n) is 2.92. The zero-order chi connectivity index (χ0) is 13.8. The van der Waals surface area contributed by atoms with E-state index in [2.05, 4.69) is 15.9 Å². The van der Waals surface area contributed by atoms with E-state index >= 15 is 0 Å². The van der Waals surface area contributed by atoms with Gasteiger partial charge in [0.15, 0.2) is 0 Å². The Morgan fingerprint density at radius 3 is 2.32 bits per heavy atom. The molecule has 0 aliphatic heterocycles. The smallest absolute Gasteiger partial charge is 0.129 e. The van der Waals surface area contributed by atoms with Crippen LogP contribution in [0.4, 0.5) is 8.78 Å². The van der Waals surface area contributed by atoms with Crippen LogP contribution in [0.25, 0.3) is 0 Å². The van der Waals surface area contributed by atoms with Crippen molar-refractivity contribution in [2.45, 2.75) is 16.1 Å². The molecule has 0 aliphatic carbocycles. The summed E-state index contributed by atoms with van der Waals surface area (Å²) >= 11 is 5.16. The number of rotatable bonds is 4. The monoisotopic (exact) mass is 342 g/mol. The zero-order valence-corrected chi connectivity index (χ0v) is 12.8. The van der Waals surface area contributed by atoms with Crippen molar-refractivity contribution in [3.63, 3.8) is 0 Å². The standard InChI is InChI=1S/C15H13BrF2S/c1-19-15-8-3-2-5-10(15)12(16)9-11-13(17)6-4-7-14(11)18/h2-8,12H,9H2,1H3. The highest BCUT2D eigenvalue weighted by molar-refractivity contribution is 9.09. The van der Waals surface area contributed by atoms with Gasteiger partial charge in [0.05, 0.1) is 0 Å². The first-order valence-corrected chi connectivity index (χ1v) is 7.97. The van der Waals surface area contributed by atoms with Gasteiger partial charge >= 0.3 is 0 Å². The molecule has 0 heterocycles. The molecular formula is C15H13BrF2S. The highest BCUT2D eigenvalue weighted by atomic mass is 79.9. The molecule has 0 radical (unpaired) electrons. The van der Waals surface area contributed by atoms with Crippen LogP contribution in [0.15, 0.2) is 47.4 Å². The number of hydrogen-bond acceptors (Lipinski definition) is 1. The number of halogens is 3. The third-order valence-corrected chi connectivity index (χ3v) is 4.55. The van der Waals surface area contributed by atoms with Gasteiger partial charge < -0.3 is 0 Å². The van der Waals surface area contributed by atoms with Gasteiger partial charge in [0.25, 0.3) is 0 Å². The van der Waals surface area contributed by atoms with Crippen LogP contribution in [-0.4, -0.2) is 6.26 Å². The summed E-state index contributed by atoms with van der Waals surface area (Å²) in [7, 11) is 0. The lowest BCUT2D eigenvalue weighted by Gasteiger charge is -2.14. The number of alkyl halides is 1. The molecule has 0 aliphatic rings. The van der Waals surface area contributed by atoms with E-state index in [1.54, 1.807) is 11.8 Å². The molecule has 4 heteroatoms. The van der Waals surface area contributed by atoms with Gasteiger partial charge in [0.2, 0.25) is 0 Å².